The van der Waals surface area contributed by atoms with Crippen molar-refractivity contribution in [2.45, 2.75) is 6.54 Å². The molecule has 0 fully saturated rings. The summed E-state index contributed by atoms with van der Waals surface area (Å²) >= 11 is 6.10. The van der Waals surface area contributed by atoms with Crippen molar-refractivity contribution in [3.8, 4) is 28.5 Å². The standard InChI is InChI=1S/C23H19ClN5O2P/c1-30-16-8-5-14(6-9-16)12-25-23-28-27-22(31-23)15-7-10-20-17(11-15)18(13-29(20)32)19-3-2-4-21(24)26-19/h2-11,13H,12,32H2,1H3,(H,25,28). The zero-order valence-corrected chi connectivity index (χ0v) is 19.0. The maximum Gasteiger partial charge on any atom is 0.316 e. The Labute approximate surface area is 191 Å². The molecule has 160 valence electrons. The fourth-order valence-electron chi connectivity index (χ4n) is 3.48. The average molecular weight is 464 g/mol. The predicted molar refractivity (Wildman–Crippen MR) is 129 cm³/mol. The molecule has 3 aromatic heterocycles. The molecular weight excluding hydrogens is 445 g/mol. The topological polar surface area (TPSA) is 78.0 Å². The fraction of sp³-hybridized carbons (Fsp3) is 0.0870. The van der Waals surface area contributed by atoms with Crippen LogP contribution in [0.4, 0.5) is 6.01 Å². The van der Waals surface area contributed by atoms with E-state index < -0.39 is 0 Å². The van der Waals surface area contributed by atoms with Gasteiger partial charge in [-0.25, -0.2) is 4.98 Å². The molecule has 0 saturated carbocycles. The Bertz CT molecular complexity index is 1400. The third-order valence-electron chi connectivity index (χ3n) is 5.10. The Hall–Kier alpha value is -3.41. The molecule has 3 heterocycles. The molecule has 2 aromatic carbocycles. The third-order valence-corrected chi connectivity index (χ3v) is 5.74. The van der Waals surface area contributed by atoms with Gasteiger partial charge in [-0.1, -0.05) is 34.9 Å². The lowest BCUT2D eigenvalue weighted by Crippen LogP contribution is -1.99. The minimum Gasteiger partial charge on any atom is -0.497 e. The second-order valence-electron chi connectivity index (χ2n) is 7.14. The van der Waals surface area contributed by atoms with Crippen LogP contribution in [0.3, 0.4) is 0 Å². The molecule has 0 spiro atoms. The van der Waals surface area contributed by atoms with Crippen molar-refractivity contribution >= 4 is 37.9 Å². The molecule has 0 aliphatic carbocycles. The van der Waals surface area contributed by atoms with Crippen molar-refractivity contribution < 1.29 is 9.15 Å². The molecule has 0 radical (unpaired) electrons. The van der Waals surface area contributed by atoms with Gasteiger partial charge in [-0.3, -0.25) is 0 Å². The van der Waals surface area contributed by atoms with E-state index in [4.69, 9.17) is 20.8 Å². The normalized spacial score (nSPS) is 11.1. The van der Waals surface area contributed by atoms with Crippen molar-refractivity contribution in [1.82, 2.24) is 19.5 Å². The summed E-state index contributed by atoms with van der Waals surface area (Å²) in [7, 11) is 4.34. The van der Waals surface area contributed by atoms with Gasteiger partial charge in [-0.2, -0.15) is 0 Å². The largest absolute Gasteiger partial charge is 0.497 e. The summed E-state index contributed by atoms with van der Waals surface area (Å²) in [4.78, 5) is 4.45. The first-order chi connectivity index (χ1) is 15.6. The molecule has 9 heteroatoms. The number of halogens is 1. The molecule has 0 aliphatic heterocycles. The van der Waals surface area contributed by atoms with Crippen LogP contribution >= 0.6 is 21.0 Å². The quantitative estimate of drug-likeness (QED) is 0.258. The van der Waals surface area contributed by atoms with Gasteiger partial charge in [0, 0.05) is 29.3 Å². The highest BCUT2D eigenvalue weighted by molar-refractivity contribution is 7.15. The minimum atomic E-state index is 0.358. The Kier molecular flexibility index (Phi) is 5.52. The van der Waals surface area contributed by atoms with Gasteiger partial charge < -0.3 is 18.8 Å². The van der Waals surface area contributed by atoms with E-state index in [-0.39, 0.29) is 0 Å². The van der Waals surface area contributed by atoms with Crippen LogP contribution in [-0.4, -0.2) is 26.6 Å². The van der Waals surface area contributed by atoms with E-state index in [9.17, 15) is 0 Å². The van der Waals surface area contributed by atoms with Crippen LogP contribution in [0, 0.1) is 0 Å². The molecule has 1 N–H and O–H groups in total. The maximum atomic E-state index is 6.10. The average Bonchev–Trinajstić information content (AvgIpc) is 3.42. The highest BCUT2D eigenvalue weighted by atomic mass is 35.5. The smallest absolute Gasteiger partial charge is 0.316 e. The predicted octanol–water partition coefficient (Wildman–Crippen LogP) is 5.67. The van der Waals surface area contributed by atoms with Gasteiger partial charge in [0.25, 0.3) is 0 Å². The number of pyridine rings is 1. The number of benzene rings is 2. The minimum absolute atomic E-state index is 0.358. The summed E-state index contributed by atoms with van der Waals surface area (Å²) in [5.74, 6) is 1.25. The Morgan fingerprint density at radius 1 is 1.09 bits per heavy atom. The molecule has 0 amide bonds. The van der Waals surface area contributed by atoms with Gasteiger partial charge in [0.05, 0.1) is 18.3 Å². The number of methoxy groups -OCH3 is 1. The molecule has 5 rings (SSSR count). The monoisotopic (exact) mass is 463 g/mol. The lowest BCUT2D eigenvalue weighted by molar-refractivity contribution is 0.414. The zero-order chi connectivity index (χ0) is 22.1. The van der Waals surface area contributed by atoms with Crippen LogP contribution in [-0.2, 0) is 6.54 Å². The first-order valence-corrected chi connectivity index (χ1v) is 10.7. The molecular formula is C23H19ClN5O2P. The van der Waals surface area contributed by atoms with Gasteiger partial charge in [0.15, 0.2) is 0 Å². The summed E-state index contributed by atoms with van der Waals surface area (Å²) in [6, 6.07) is 19.7. The fourth-order valence-corrected chi connectivity index (χ4v) is 4.02. The number of aromatic nitrogens is 4. The van der Waals surface area contributed by atoms with Crippen molar-refractivity contribution in [2.24, 2.45) is 0 Å². The van der Waals surface area contributed by atoms with Crippen LogP contribution in [0.5, 0.6) is 5.75 Å². The molecule has 5 aromatic rings. The van der Waals surface area contributed by atoms with E-state index in [1.54, 1.807) is 13.2 Å². The molecule has 1 atom stereocenters. The Balaban J connectivity index is 1.41. The van der Waals surface area contributed by atoms with Crippen LogP contribution in [0.25, 0.3) is 33.6 Å². The number of hydrogen-bond acceptors (Lipinski definition) is 6. The van der Waals surface area contributed by atoms with Crippen LogP contribution in [0.15, 0.2) is 71.3 Å². The zero-order valence-electron chi connectivity index (χ0n) is 17.1. The molecule has 0 aliphatic rings. The van der Waals surface area contributed by atoms with Crippen LogP contribution in [0.2, 0.25) is 5.15 Å². The number of nitrogens with one attached hydrogen (secondary N) is 1. The van der Waals surface area contributed by atoms with E-state index in [0.29, 0.717) is 23.6 Å². The van der Waals surface area contributed by atoms with E-state index >= 15 is 0 Å². The summed E-state index contributed by atoms with van der Waals surface area (Å²) < 4.78 is 13.0. The van der Waals surface area contributed by atoms with Gasteiger partial charge in [-0.05, 0) is 57.4 Å². The molecule has 0 saturated heterocycles. The van der Waals surface area contributed by atoms with E-state index in [0.717, 1.165) is 39.0 Å². The number of ether oxygens (including phenoxy) is 1. The number of nitrogens with zero attached hydrogens (tertiary/aromatic N) is 4. The van der Waals surface area contributed by atoms with Gasteiger partial charge in [-0.15, -0.1) is 5.10 Å². The number of anilines is 1. The van der Waals surface area contributed by atoms with Crippen LogP contribution < -0.4 is 10.1 Å². The highest BCUT2D eigenvalue weighted by Gasteiger charge is 2.14. The van der Waals surface area contributed by atoms with E-state index in [1.165, 1.54) is 0 Å². The summed E-state index contributed by atoms with van der Waals surface area (Å²) in [6.45, 7) is 0.561. The Morgan fingerprint density at radius 2 is 1.94 bits per heavy atom. The van der Waals surface area contributed by atoms with Crippen LogP contribution in [0.1, 0.15) is 5.56 Å². The van der Waals surface area contributed by atoms with Gasteiger partial charge in [0.2, 0.25) is 5.89 Å². The van der Waals surface area contributed by atoms with E-state index in [1.807, 2.05) is 65.1 Å². The lowest BCUT2D eigenvalue weighted by atomic mass is 10.1. The SMILES string of the molecule is COc1ccc(CNc2nnc(-c3ccc4c(c3)c(-c3cccc(Cl)n3)cn4P)o2)cc1. The maximum absolute atomic E-state index is 6.10. The molecule has 32 heavy (non-hydrogen) atoms. The van der Waals surface area contributed by atoms with Gasteiger partial charge in [0.1, 0.15) is 10.9 Å². The summed E-state index contributed by atoms with van der Waals surface area (Å²) in [5, 5.41) is 13.0. The number of fused-ring (bicyclic) bond motifs is 1. The van der Waals surface area contributed by atoms with Crippen molar-refractivity contribution in [3.05, 3.63) is 77.6 Å². The number of hydrogen-bond donors (Lipinski definition) is 1. The van der Waals surface area contributed by atoms with Crippen molar-refractivity contribution in [2.75, 3.05) is 12.4 Å². The summed E-state index contributed by atoms with van der Waals surface area (Å²) in [6.07, 6.45) is 2.01. The van der Waals surface area contributed by atoms with E-state index in [2.05, 4.69) is 29.9 Å². The second-order valence-corrected chi connectivity index (χ2v) is 8.09. The van der Waals surface area contributed by atoms with Crippen molar-refractivity contribution in [3.63, 3.8) is 0 Å². The molecule has 7 nitrogen and oxygen atoms in total. The first kappa shape index (κ1) is 20.5. The first-order valence-electron chi connectivity index (χ1n) is 9.84. The lowest BCUT2D eigenvalue weighted by Gasteiger charge is -2.03. The molecule has 1 unspecified atom stereocenters. The number of rotatable bonds is 6. The second kappa shape index (κ2) is 8.61. The molecule has 0 bridgehead atoms. The highest BCUT2D eigenvalue weighted by Crippen LogP contribution is 2.34. The summed E-state index contributed by atoms with van der Waals surface area (Å²) in [5.41, 5.74) is 4.70. The van der Waals surface area contributed by atoms with Crippen molar-refractivity contribution in [1.29, 1.82) is 0 Å². The third kappa shape index (κ3) is 4.05. The van der Waals surface area contributed by atoms with Gasteiger partial charge >= 0.3 is 6.01 Å². The Morgan fingerprint density at radius 3 is 2.72 bits per heavy atom.